The van der Waals surface area contributed by atoms with Crippen molar-refractivity contribution in [2.75, 3.05) is 13.1 Å². The molecule has 0 bridgehead atoms. The van der Waals surface area contributed by atoms with Gasteiger partial charge in [-0.25, -0.2) is 8.42 Å². The smallest absolute Gasteiger partial charge is 0.252 e. The Morgan fingerprint density at radius 3 is 2.81 bits per heavy atom. The molecule has 1 aromatic heterocycles. The van der Waals surface area contributed by atoms with Crippen LogP contribution in [0.3, 0.4) is 0 Å². The monoisotopic (exact) mass is 281 g/mol. The van der Waals surface area contributed by atoms with Crippen LogP contribution < -0.4 is 0 Å². The van der Waals surface area contributed by atoms with Crippen molar-refractivity contribution < 1.29 is 13.5 Å². The molecule has 0 amide bonds. The molecule has 1 fully saturated rings. The zero-order chi connectivity index (χ0) is 11.8. The lowest BCUT2D eigenvalue weighted by atomic mass is 10.1. The fourth-order valence-electron chi connectivity index (χ4n) is 1.70. The molecule has 0 aromatic carbocycles. The number of piperidine rings is 1. The van der Waals surface area contributed by atoms with E-state index in [1.807, 2.05) is 0 Å². The van der Waals surface area contributed by atoms with Crippen molar-refractivity contribution in [2.45, 2.75) is 23.2 Å². The van der Waals surface area contributed by atoms with Gasteiger partial charge in [0.1, 0.15) is 4.21 Å². The molecule has 1 aromatic rings. The molecule has 2 heterocycles. The van der Waals surface area contributed by atoms with Crippen LogP contribution in [0.2, 0.25) is 4.34 Å². The summed E-state index contributed by atoms with van der Waals surface area (Å²) >= 11 is 6.76. The van der Waals surface area contributed by atoms with Gasteiger partial charge in [-0.15, -0.1) is 11.3 Å². The summed E-state index contributed by atoms with van der Waals surface area (Å²) in [6.07, 6.45) is 0.801. The maximum atomic E-state index is 12.1. The van der Waals surface area contributed by atoms with Gasteiger partial charge in [0.15, 0.2) is 0 Å². The number of hydrogen-bond donors (Lipinski definition) is 1. The maximum absolute atomic E-state index is 12.1. The van der Waals surface area contributed by atoms with E-state index in [9.17, 15) is 13.5 Å². The molecule has 0 aliphatic carbocycles. The highest BCUT2D eigenvalue weighted by Crippen LogP contribution is 2.29. The van der Waals surface area contributed by atoms with Crippen LogP contribution >= 0.6 is 22.9 Å². The first-order valence-electron chi connectivity index (χ1n) is 4.94. The Morgan fingerprint density at radius 1 is 1.50 bits per heavy atom. The van der Waals surface area contributed by atoms with Gasteiger partial charge in [-0.05, 0) is 25.0 Å². The van der Waals surface area contributed by atoms with E-state index in [4.69, 9.17) is 11.6 Å². The highest BCUT2D eigenvalue weighted by molar-refractivity contribution is 7.91. The second-order valence-corrected chi connectivity index (χ2v) is 7.60. The van der Waals surface area contributed by atoms with Crippen molar-refractivity contribution >= 4 is 33.0 Å². The SMILES string of the molecule is O=S(=O)(c1ccc(Cl)s1)N1CCC[C@H](O)C1. The number of aliphatic hydroxyl groups excluding tert-OH is 1. The first-order chi connectivity index (χ1) is 7.50. The summed E-state index contributed by atoms with van der Waals surface area (Å²) in [6, 6.07) is 3.07. The molecule has 2 rings (SSSR count). The highest BCUT2D eigenvalue weighted by atomic mass is 35.5. The molecule has 0 spiro atoms. The maximum Gasteiger partial charge on any atom is 0.252 e. The van der Waals surface area contributed by atoms with Gasteiger partial charge < -0.3 is 5.11 Å². The average molecular weight is 282 g/mol. The summed E-state index contributed by atoms with van der Waals surface area (Å²) in [7, 11) is -3.47. The molecule has 0 radical (unpaired) electrons. The molecule has 0 unspecified atom stereocenters. The topological polar surface area (TPSA) is 57.6 Å². The third-order valence-corrected chi connectivity index (χ3v) is 6.07. The lowest BCUT2D eigenvalue weighted by Crippen LogP contribution is -2.41. The largest absolute Gasteiger partial charge is 0.392 e. The van der Waals surface area contributed by atoms with E-state index in [-0.39, 0.29) is 10.8 Å². The standard InChI is InChI=1S/C9H12ClNO3S2/c10-8-3-4-9(15-8)16(13,14)11-5-1-2-7(12)6-11/h3-4,7,12H,1-2,5-6H2/t7-/m0/s1. The number of halogens is 1. The van der Waals surface area contributed by atoms with Crippen LogP contribution in [0.25, 0.3) is 0 Å². The Morgan fingerprint density at radius 2 is 2.25 bits per heavy atom. The third kappa shape index (κ3) is 2.41. The van der Waals surface area contributed by atoms with E-state index in [2.05, 4.69) is 0 Å². The Bertz CT molecular complexity index is 471. The average Bonchev–Trinajstić information content (AvgIpc) is 2.65. The molecule has 1 saturated heterocycles. The number of aliphatic hydroxyl groups is 1. The van der Waals surface area contributed by atoms with E-state index < -0.39 is 16.1 Å². The summed E-state index contributed by atoms with van der Waals surface area (Å²) in [6.45, 7) is 0.646. The summed E-state index contributed by atoms with van der Waals surface area (Å²) in [5.74, 6) is 0. The van der Waals surface area contributed by atoms with Gasteiger partial charge in [0.05, 0.1) is 10.4 Å². The fraction of sp³-hybridized carbons (Fsp3) is 0.556. The lowest BCUT2D eigenvalue weighted by Gasteiger charge is -2.28. The van der Waals surface area contributed by atoms with Crippen molar-refractivity contribution in [1.82, 2.24) is 4.31 Å². The lowest BCUT2D eigenvalue weighted by molar-refractivity contribution is 0.108. The minimum Gasteiger partial charge on any atom is -0.392 e. The van der Waals surface area contributed by atoms with Gasteiger partial charge in [0.2, 0.25) is 0 Å². The van der Waals surface area contributed by atoms with E-state index in [1.54, 1.807) is 6.07 Å². The van der Waals surface area contributed by atoms with Crippen LogP contribution in [0, 0.1) is 0 Å². The third-order valence-electron chi connectivity index (χ3n) is 2.50. The number of thiophene rings is 1. The van der Waals surface area contributed by atoms with Crippen molar-refractivity contribution in [2.24, 2.45) is 0 Å². The van der Waals surface area contributed by atoms with Gasteiger partial charge in [0.25, 0.3) is 10.0 Å². The molecule has 1 aliphatic rings. The predicted molar refractivity (Wildman–Crippen MR) is 63.3 cm³/mol. The summed E-state index contributed by atoms with van der Waals surface area (Å²) in [4.78, 5) is 0. The van der Waals surface area contributed by atoms with Gasteiger partial charge >= 0.3 is 0 Å². The molecule has 16 heavy (non-hydrogen) atoms. The summed E-state index contributed by atoms with van der Waals surface area (Å²) in [5.41, 5.74) is 0. The van der Waals surface area contributed by atoms with Gasteiger partial charge in [-0.3, -0.25) is 0 Å². The van der Waals surface area contributed by atoms with Crippen molar-refractivity contribution in [3.63, 3.8) is 0 Å². The summed E-state index contributed by atoms with van der Waals surface area (Å²) in [5, 5.41) is 9.47. The number of sulfonamides is 1. The molecule has 90 valence electrons. The van der Waals surface area contributed by atoms with Gasteiger partial charge in [-0.2, -0.15) is 4.31 Å². The Hall–Kier alpha value is -0.140. The zero-order valence-corrected chi connectivity index (χ0v) is 10.9. The van der Waals surface area contributed by atoms with Crippen LogP contribution in [0.4, 0.5) is 0 Å². The normalized spacial score (nSPS) is 23.5. The molecule has 1 atom stereocenters. The van der Waals surface area contributed by atoms with E-state index >= 15 is 0 Å². The van der Waals surface area contributed by atoms with Gasteiger partial charge in [-0.1, -0.05) is 11.6 Å². The predicted octanol–water partition coefficient (Wildman–Crippen LogP) is 1.55. The van der Waals surface area contributed by atoms with Gasteiger partial charge in [0, 0.05) is 13.1 Å². The number of β-amino-alcohol motifs (C(OH)–C–C–N with tert-alkyl or cyclic N) is 1. The minimum atomic E-state index is -3.47. The van der Waals surface area contributed by atoms with Crippen molar-refractivity contribution in [3.05, 3.63) is 16.5 Å². The van der Waals surface area contributed by atoms with Crippen LogP contribution in [0.5, 0.6) is 0 Å². The number of rotatable bonds is 2. The first kappa shape index (κ1) is 12.3. The van der Waals surface area contributed by atoms with Crippen molar-refractivity contribution in [1.29, 1.82) is 0 Å². The number of nitrogens with zero attached hydrogens (tertiary/aromatic N) is 1. The van der Waals surface area contributed by atoms with Crippen LogP contribution in [0.15, 0.2) is 16.3 Å². The Labute approximate surface area is 104 Å². The van der Waals surface area contributed by atoms with E-state index in [1.165, 1.54) is 10.4 Å². The van der Waals surface area contributed by atoms with Crippen LogP contribution in [-0.2, 0) is 10.0 Å². The second kappa shape index (κ2) is 4.62. The molecule has 4 nitrogen and oxygen atoms in total. The van der Waals surface area contributed by atoms with E-state index in [0.29, 0.717) is 23.7 Å². The molecule has 7 heteroatoms. The minimum absolute atomic E-state index is 0.178. The van der Waals surface area contributed by atoms with E-state index in [0.717, 1.165) is 11.3 Å². The van der Waals surface area contributed by atoms with Crippen LogP contribution in [0.1, 0.15) is 12.8 Å². The fourth-order valence-corrected chi connectivity index (χ4v) is 4.86. The molecular weight excluding hydrogens is 270 g/mol. The summed E-state index contributed by atoms with van der Waals surface area (Å²) < 4.78 is 26.2. The number of hydrogen-bond acceptors (Lipinski definition) is 4. The Balaban J connectivity index is 2.25. The molecule has 1 aliphatic heterocycles. The zero-order valence-electron chi connectivity index (χ0n) is 8.47. The first-order valence-corrected chi connectivity index (χ1v) is 7.57. The highest BCUT2D eigenvalue weighted by Gasteiger charge is 2.30. The Kier molecular flexibility index (Phi) is 3.56. The second-order valence-electron chi connectivity index (χ2n) is 3.72. The molecular formula is C9H12ClNO3S2. The molecule has 1 N–H and O–H groups in total. The van der Waals surface area contributed by atoms with Crippen LogP contribution in [-0.4, -0.2) is 37.0 Å². The van der Waals surface area contributed by atoms with Crippen molar-refractivity contribution in [3.8, 4) is 0 Å². The quantitative estimate of drug-likeness (QED) is 0.895. The molecule has 0 saturated carbocycles.